The number of nitrogens with zero attached hydrogens (tertiary/aromatic N) is 4. The molecule has 0 bridgehead atoms. The highest BCUT2D eigenvalue weighted by atomic mass is 35.5. The zero-order valence-corrected chi connectivity index (χ0v) is 20.5. The maximum Gasteiger partial charge on any atom is 0.283 e. The predicted molar refractivity (Wildman–Crippen MR) is 130 cm³/mol. The smallest absolute Gasteiger partial charge is 0.283 e. The van der Waals surface area contributed by atoms with Crippen molar-refractivity contribution in [2.75, 3.05) is 11.2 Å². The second kappa shape index (κ2) is 9.49. The van der Waals surface area contributed by atoms with Crippen molar-refractivity contribution < 1.29 is 22.4 Å². The van der Waals surface area contributed by atoms with Crippen molar-refractivity contribution in [1.82, 2.24) is 14.2 Å². The fraction of sp³-hybridized carbons (Fsp3) is 0.125. The zero-order chi connectivity index (χ0) is 26.2. The second-order valence-electron chi connectivity index (χ2n) is 7.84. The maximum atomic E-state index is 14.9. The molecular weight excluding hydrogens is 509 g/mol. The van der Waals surface area contributed by atoms with E-state index in [1.54, 1.807) is 26.0 Å². The van der Waals surface area contributed by atoms with E-state index in [1.165, 1.54) is 18.2 Å². The van der Waals surface area contributed by atoms with Crippen LogP contribution in [0.1, 0.15) is 32.9 Å². The third-order valence-electron chi connectivity index (χ3n) is 5.37. The van der Waals surface area contributed by atoms with Gasteiger partial charge in [0.15, 0.2) is 0 Å². The van der Waals surface area contributed by atoms with E-state index < -0.39 is 38.9 Å². The number of carbonyl (C=O) groups is 2. The molecule has 182 valence electrons. The summed E-state index contributed by atoms with van der Waals surface area (Å²) in [6, 6.07) is 11.3. The Bertz CT molecular complexity index is 1690. The molecular formula is C24H17ClFN5O4S. The minimum atomic E-state index is -4.29. The van der Waals surface area contributed by atoms with Crippen LogP contribution in [0, 0.1) is 31.0 Å². The molecule has 1 N–H and O–H groups in total. The van der Waals surface area contributed by atoms with Gasteiger partial charge in [-0.15, -0.1) is 11.6 Å². The molecule has 36 heavy (non-hydrogen) atoms. The third-order valence-corrected chi connectivity index (χ3v) is 7.21. The molecule has 0 atom stereocenters. The van der Waals surface area contributed by atoms with E-state index >= 15 is 0 Å². The Labute approximate surface area is 210 Å². The minimum Gasteiger partial charge on any atom is -0.323 e. The van der Waals surface area contributed by atoms with Crippen LogP contribution >= 0.6 is 11.6 Å². The first-order valence-electron chi connectivity index (χ1n) is 10.4. The summed E-state index contributed by atoms with van der Waals surface area (Å²) in [7, 11) is -4.29. The van der Waals surface area contributed by atoms with E-state index in [2.05, 4.69) is 15.4 Å². The molecule has 4 aromatic rings. The van der Waals surface area contributed by atoms with Crippen LogP contribution in [0.4, 0.5) is 10.1 Å². The van der Waals surface area contributed by atoms with Gasteiger partial charge in [-0.25, -0.2) is 9.37 Å². The fourth-order valence-electron chi connectivity index (χ4n) is 3.57. The molecule has 0 radical (unpaired) electrons. The van der Waals surface area contributed by atoms with E-state index in [1.807, 2.05) is 6.07 Å². The lowest BCUT2D eigenvalue weighted by Gasteiger charge is -2.12. The van der Waals surface area contributed by atoms with E-state index in [-0.39, 0.29) is 32.9 Å². The Morgan fingerprint density at radius 2 is 1.86 bits per heavy atom. The first-order chi connectivity index (χ1) is 17.1. The van der Waals surface area contributed by atoms with Gasteiger partial charge in [-0.3, -0.25) is 9.59 Å². The normalized spacial score (nSPS) is 11.3. The molecule has 0 fully saturated rings. The zero-order valence-electron chi connectivity index (χ0n) is 18.9. The summed E-state index contributed by atoms with van der Waals surface area (Å²) in [5, 5.41) is 15.6. The Kier molecular flexibility index (Phi) is 6.58. The summed E-state index contributed by atoms with van der Waals surface area (Å²) >= 11 is 5.57. The number of hydrogen-bond acceptors (Lipinski definition) is 7. The van der Waals surface area contributed by atoms with Crippen molar-refractivity contribution in [3.05, 3.63) is 82.6 Å². The van der Waals surface area contributed by atoms with E-state index in [9.17, 15) is 27.7 Å². The third kappa shape index (κ3) is 4.32. The van der Waals surface area contributed by atoms with Crippen molar-refractivity contribution in [2.45, 2.75) is 18.7 Å². The quantitative estimate of drug-likeness (QED) is 0.299. The molecule has 12 heteroatoms. The number of aromatic nitrogens is 3. The molecule has 1 amide bonds. The molecule has 0 spiro atoms. The first kappa shape index (κ1) is 25.0. The summed E-state index contributed by atoms with van der Waals surface area (Å²) < 4.78 is 41.9. The van der Waals surface area contributed by atoms with Crippen LogP contribution in [0.25, 0.3) is 10.9 Å². The van der Waals surface area contributed by atoms with E-state index in [4.69, 9.17) is 11.6 Å². The molecule has 0 saturated heterocycles. The molecule has 4 rings (SSSR count). The van der Waals surface area contributed by atoms with Gasteiger partial charge >= 0.3 is 0 Å². The van der Waals surface area contributed by atoms with Gasteiger partial charge in [-0.05, 0) is 49.7 Å². The Morgan fingerprint density at radius 3 is 2.50 bits per heavy atom. The van der Waals surface area contributed by atoms with Crippen LogP contribution in [-0.2, 0) is 14.8 Å². The molecule has 0 aliphatic rings. The summed E-state index contributed by atoms with van der Waals surface area (Å²) in [4.78, 5) is 29.4. The number of alkyl halides is 1. The highest BCUT2D eigenvalue weighted by Crippen LogP contribution is 2.29. The van der Waals surface area contributed by atoms with Gasteiger partial charge in [-0.2, -0.15) is 22.9 Å². The lowest BCUT2D eigenvalue weighted by molar-refractivity contribution is -0.113. The van der Waals surface area contributed by atoms with Crippen molar-refractivity contribution in [2.24, 2.45) is 0 Å². The monoisotopic (exact) mass is 525 g/mol. The van der Waals surface area contributed by atoms with Crippen molar-refractivity contribution in [3.63, 3.8) is 0 Å². The van der Waals surface area contributed by atoms with Crippen LogP contribution in [-0.4, -0.2) is 40.2 Å². The molecule has 2 heterocycles. The van der Waals surface area contributed by atoms with Crippen molar-refractivity contribution in [3.8, 4) is 6.07 Å². The number of halogens is 2. The summed E-state index contributed by atoms with van der Waals surface area (Å²) in [5.41, 5.74) is 0.326. The number of pyridine rings is 1. The molecule has 0 saturated carbocycles. The topological polar surface area (TPSA) is 135 Å². The lowest BCUT2D eigenvalue weighted by atomic mass is 10.0. The average molecular weight is 526 g/mol. The average Bonchev–Trinajstić information content (AvgIpc) is 3.31. The molecule has 0 aliphatic carbocycles. The number of amides is 1. The number of aryl methyl sites for hydroxylation is 2. The summed E-state index contributed by atoms with van der Waals surface area (Å²) in [6.07, 6.45) is 1.06. The van der Waals surface area contributed by atoms with Crippen LogP contribution in [0.5, 0.6) is 0 Å². The van der Waals surface area contributed by atoms with Crippen LogP contribution in [0.15, 0.2) is 53.6 Å². The molecule has 0 unspecified atom stereocenters. The maximum absolute atomic E-state index is 14.9. The number of anilines is 1. The van der Waals surface area contributed by atoms with Crippen molar-refractivity contribution in [1.29, 1.82) is 5.26 Å². The van der Waals surface area contributed by atoms with Crippen molar-refractivity contribution >= 4 is 49.9 Å². The van der Waals surface area contributed by atoms with Crippen LogP contribution in [0.2, 0.25) is 0 Å². The summed E-state index contributed by atoms with van der Waals surface area (Å²) in [5.74, 6) is -2.71. The van der Waals surface area contributed by atoms with Gasteiger partial charge in [-0.1, -0.05) is 17.7 Å². The fourth-order valence-corrected chi connectivity index (χ4v) is 4.91. The van der Waals surface area contributed by atoms with Gasteiger partial charge < -0.3 is 5.32 Å². The molecule has 2 aromatic heterocycles. The van der Waals surface area contributed by atoms with Crippen LogP contribution < -0.4 is 5.32 Å². The number of nitriles is 1. The number of hydrogen-bond donors (Lipinski definition) is 1. The molecule has 0 aliphatic heterocycles. The number of nitrogens with one attached hydrogen (secondary N) is 1. The number of carbonyl (C=O) groups excluding carboxylic acids is 2. The largest absolute Gasteiger partial charge is 0.323 e. The van der Waals surface area contributed by atoms with Gasteiger partial charge in [0, 0.05) is 10.9 Å². The minimum absolute atomic E-state index is 0.000654. The highest BCUT2D eigenvalue weighted by molar-refractivity contribution is 7.90. The SMILES string of the molecule is Cc1ccc(S(=O)(=O)n2ncc3c(C(=O)c4nc(C#N)c(C)cc4NC(=O)CCl)ccc(F)c32)cc1. The Hall–Kier alpha value is -4.14. The van der Waals surface area contributed by atoms with Gasteiger partial charge in [0.05, 0.1) is 16.8 Å². The standard InChI is InChI=1S/C24H17ClFN5O4S/c1-13-3-5-15(6-4-13)36(34,35)31-23-17(12-28-31)16(7-8-18(23)26)24(33)22-19(29-21(32)10-25)9-14(2)20(11-27)30-22/h3-9,12H,10H2,1-2H3,(H,29,32). The van der Waals surface area contributed by atoms with E-state index in [0.717, 1.165) is 23.9 Å². The van der Waals surface area contributed by atoms with E-state index in [0.29, 0.717) is 9.65 Å². The van der Waals surface area contributed by atoms with Gasteiger partial charge in [0.2, 0.25) is 11.7 Å². The summed E-state index contributed by atoms with van der Waals surface area (Å²) in [6.45, 7) is 3.37. The number of benzene rings is 2. The lowest BCUT2D eigenvalue weighted by Crippen LogP contribution is -2.18. The Morgan fingerprint density at radius 1 is 1.17 bits per heavy atom. The first-order valence-corrected chi connectivity index (χ1v) is 12.4. The second-order valence-corrected chi connectivity index (χ2v) is 9.87. The highest BCUT2D eigenvalue weighted by Gasteiger charge is 2.27. The Balaban J connectivity index is 1.91. The van der Waals surface area contributed by atoms with Crippen LogP contribution in [0.3, 0.4) is 0 Å². The number of ketones is 1. The predicted octanol–water partition coefficient (Wildman–Crippen LogP) is 3.70. The molecule has 9 nitrogen and oxygen atoms in total. The number of rotatable bonds is 6. The molecule has 2 aromatic carbocycles. The van der Waals surface area contributed by atoms with Gasteiger partial charge in [0.25, 0.3) is 10.0 Å². The number of fused-ring (bicyclic) bond motifs is 1. The van der Waals surface area contributed by atoms with Gasteiger partial charge in [0.1, 0.15) is 34.7 Å².